The van der Waals surface area contributed by atoms with Crippen LogP contribution in [0.25, 0.3) is 0 Å². The molecule has 0 unspecified atom stereocenters. The molecule has 1 fully saturated rings. The Balaban J connectivity index is 1.71. The summed E-state index contributed by atoms with van der Waals surface area (Å²) in [7, 11) is -2.21. The van der Waals surface area contributed by atoms with Crippen molar-refractivity contribution in [2.24, 2.45) is 0 Å². The second-order valence-corrected chi connectivity index (χ2v) is 9.96. The number of hydrogen-bond donors (Lipinski definition) is 1. The fourth-order valence-electron chi connectivity index (χ4n) is 3.82. The van der Waals surface area contributed by atoms with Gasteiger partial charge in [0, 0.05) is 18.7 Å². The second-order valence-electron chi connectivity index (χ2n) is 8.02. The number of nitrogens with zero attached hydrogens (tertiary/aromatic N) is 2. The van der Waals surface area contributed by atoms with E-state index in [1.807, 2.05) is 6.07 Å². The zero-order chi connectivity index (χ0) is 24.8. The Morgan fingerprint density at radius 3 is 2.29 bits per heavy atom. The number of hydrogen-bond acceptors (Lipinski definition) is 6. The number of anilines is 1. The molecule has 0 atom stereocenters. The third-order valence-corrected chi connectivity index (χ3v) is 7.61. The molecule has 1 saturated heterocycles. The van der Waals surface area contributed by atoms with Gasteiger partial charge in [0.15, 0.2) is 17.2 Å². The third kappa shape index (κ3) is 5.45. The van der Waals surface area contributed by atoms with E-state index in [4.69, 9.17) is 14.7 Å². The molecule has 4 rings (SSSR count). The molecule has 1 heterocycles. The van der Waals surface area contributed by atoms with Crippen LogP contribution in [-0.4, -0.2) is 38.8 Å². The van der Waals surface area contributed by atoms with Gasteiger partial charge in [0.2, 0.25) is 10.0 Å². The fraction of sp³-hybridized carbons (Fsp3) is 0.231. The standard InChI is InChI=1S/C26H25N3O5S/c1-33-24-7-3-4-8-25(24)34-23-14-13-21(35(31,32)29-15-5-2-6-16-29)17-22(23)28-26(30)20-11-9-19(18-27)10-12-20/h3-4,7-14,17H,2,5-6,15-16H2,1H3,(H,28,30). The Bertz CT molecular complexity index is 1360. The molecule has 8 nitrogen and oxygen atoms in total. The summed E-state index contributed by atoms with van der Waals surface area (Å²) >= 11 is 0. The Labute approximate surface area is 204 Å². The average molecular weight is 492 g/mol. The number of nitrogens with one attached hydrogen (secondary N) is 1. The van der Waals surface area contributed by atoms with Crippen LogP contribution >= 0.6 is 0 Å². The second kappa shape index (κ2) is 10.6. The molecule has 3 aromatic carbocycles. The van der Waals surface area contributed by atoms with Crippen molar-refractivity contribution in [3.63, 3.8) is 0 Å². The molecule has 3 aromatic rings. The average Bonchev–Trinajstić information content (AvgIpc) is 2.90. The summed E-state index contributed by atoms with van der Waals surface area (Å²) < 4.78 is 39.4. The number of sulfonamides is 1. The molecule has 0 spiro atoms. The summed E-state index contributed by atoms with van der Waals surface area (Å²) in [6, 6.07) is 19.6. The van der Waals surface area contributed by atoms with Crippen LogP contribution in [0.3, 0.4) is 0 Å². The molecule has 0 aliphatic carbocycles. The Morgan fingerprint density at radius 1 is 0.943 bits per heavy atom. The van der Waals surface area contributed by atoms with Crippen molar-refractivity contribution in [1.29, 1.82) is 5.26 Å². The predicted molar refractivity (Wildman–Crippen MR) is 131 cm³/mol. The van der Waals surface area contributed by atoms with Crippen LogP contribution in [0.2, 0.25) is 0 Å². The summed E-state index contributed by atoms with van der Waals surface area (Å²) in [4.78, 5) is 13.0. The lowest BCUT2D eigenvalue weighted by Crippen LogP contribution is -2.35. The van der Waals surface area contributed by atoms with Gasteiger partial charge in [0.05, 0.1) is 29.3 Å². The number of methoxy groups -OCH3 is 1. The van der Waals surface area contributed by atoms with E-state index in [1.165, 1.54) is 41.7 Å². The van der Waals surface area contributed by atoms with Gasteiger partial charge < -0.3 is 14.8 Å². The van der Waals surface area contributed by atoms with Gasteiger partial charge >= 0.3 is 0 Å². The van der Waals surface area contributed by atoms with Crippen LogP contribution in [0.1, 0.15) is 35.2 Å². The van der Waals surface area contributed by atoms with Gasteiger partial charge in [-0.05, 0) is 67.4 Å². The molecule has 0 radical (unpaired) electrons. The largest absolute Gasteiger partial charge is 0.493 e. The normalized spacial score (nSPS) is 14.1. The highest BCUT2D eigenvalue weighted by Gasteiger charge is 2.27. The van der Waals surface area contributed by atoms with Crippen LogP contribution in [0.4, 0.5) is 5.69 Å². The molecule has 1 aliphatic heterocycles. The van der Waals surface area contributed by atoms with Crippen molar-refractivity contribution >= 4 is 21.6 Å². The van der Waals surface area contributed by atoms with E-state index in [0.29, 0.717) is 35.7 Å². The van der Waals surface area contributed by atoms with Gasteiger partial charge in [-0.2, -0.15) is 9.57 Å². The number of carbonyl (C=O) groups excluding carboxylic acids is 1. The number of carbonyl (C=O) groups is 1. The molecule has 0 saturated carbocycles. The van der Waals surface area contributed by atoms with Gasteiger partial charge in [-0.3, -0.25) is 4.79 Å². The molecular weight excluding hydrogens is 466 g/mol. The lowest BCUT2D eigenvalue weighted by molar-refractivity contribution is 0.102. The van der Waals surface area contributed by atoms with E-state index in [9.17, 15) is 13.2 Å². The zero-order valence-electron chi connectivity index (χ0n) is 19.2. The highest BCUT2D eigenvalue weighted by Crippen LogP contribution is 2.37. The van der Waals surface area contributed by atoms with Crippen molar-refractivity contribution in [3.05, 3.63) is 77.9 Å². The van der Waals surface area contributed by atoms with Crippen LogP contribution in [0.5, 0.6) is 17.2 Å². The maximum Gasteiger partial charge on any atom is 0.255 e. The number of rotatable bonds is 7. The van der Waals surface area contributed by atoms with Crippen molar-refractivity contribution < 1.29 is 22.7 Å². The summed E-state index contributed by atoms with van der Waals surface area (Å²) in [6.45, 7) is 0.934. The number of ether oxygens (including phenoxy) is 2. The van der Waals surface area contributed by atoms with E-state index in [2.05, 4.69) is 5.32 Å². The van der Waals surface area contributed by atoms with Crippen LogP contribution < -0.4 is 14.8 Å². The highest BCUT2D eigenvalue weighted by molar-refractivity contribution is 7.89. The van der Waals surface area contributed by atoms with Gasteiger partial charge in [-0.25, -0.2) is 8.42 Å². The first kappa shape index (κ1) is 24.3. The summed E-state index contributed by atoms with van der Waals surface area (Å²) in [6.07, 6.45) is 2.64. The Morgan fingerprint density at radius 2 is 1.63 bits per heavy atom. The highest BCUT2D eigenvalue weighted by atomic mass is 32.2. The lowest BCUT2D eigenvalue weighted by Gasteiger charge is -2.26. The van der Waals surface area contributed by atoms with Crippen LogP contribution in [0, 0.1) is 11.3 Å². The van der Waals surface area contributed by atoms with Gasteiger partial charge in [-0.15, -0.1) is 0 Å². The first-order chi connectivity index (χ1) is 16.9. The van der Waals surface area contributed by atoms with Gasteiger partial charge in [-0.1, -0.05) is 18.6 Å². The number of para-hydroxylation sites is 2. The van der Waals surface area contributed by atoms with Gasteiger partial charge in [0.25, 0.3) is 5.91 Å². The molecule has 1 aliphatic rings. The smallest absolute Gasteiger partial charge is 0.255 e. The molecule has 180 valence electrons. The van der Waals surface area contributed by atoms with Crippen molar-refractivity contribution in [2.45, 2.75) is 24.2 Å². The molecule has 1 amide bonds. The molecule has 9 heteroatoms. The summed E-state index contributed by atoms with van der Waals surface area (Å²) in [5.41, 5.74) is 0.941. The monoisotopic (exact) mass is 491 g/mol. The van der Waals surface area contributed by atoms with E-state index < -0.39 is 15.9 Å². The van der Waals surface area contributed by atoms with E-state index in [0.717, 1.165) is 19.3 Å². The summed E-state index contributed by atoms with van der Waals surface area (Å²) in [5, 5.41) is 11.8. The predicted octanol–water partition coefficient (Wildman–Crippen LogP) is 4.79. The van der Waals surface area contributed by atoms with Crippen molar-refractivity contribution in [3.8, 4) is 23.3 Å². The third-order valence-electron chi connectivity index (χ3n) is 5.72. The maximum absolute atomic E-state index is 13.3. The minimum atomic E-state index is -3.73. The first-order valence-corrected chi connectivity index (χ1v) is 12.6. The number of benzene rings is 3. The minimum absolute atomic E-state index is 0.0712. The number of piperidine rings is 1. The number of amides is 1. The first-order valence-electron chi connectivity index (χ1n) is 11.2. The fourth-order valence-corrected chi connectivity index (χ4v) is 5.37. The van der Waals surface area contributed by atoms with E-state index >= 15 is 0 Å². The van der Waals surface area contributed by atoms with Crippen LogP contribution in [0.15, 0.2) is 71.6 Å². The topological polar surface area (TPSA) is 109 Å². The molecule has 0 aromatic heterocycles. The number of nitriles is 1. The van der Waals surface area contributed by atoms with Gasteiger partial charge in [0.1, 0.15) is 0 Å². The molecule has 1 N–H and O–H groups in total. The minimum Gasteiger partial charge on any atom is -0.493 e. The molecule has 0 bridgehead atoms. The van der Waals surface area contributed by atoms with E-state index in [1.54, 1.807) is 36.4 Å². The molecular formula is C26H25N3O5S. The Kier molecular flexibility index (Phi) is 7.34. The SMILES string of the molecule is COc1ccccc1Oc1ccc(S(=O)(=O)N2CCCCC2)cc1NC(=O)c1ccc(C#N)cc1. The summed E-state index contributed by atoms with van der Waals surface area (Å²) in [5.74, 6) is 0.693. The van der Waals surface area contributed by atoms with Crippen molar-refractivity contribution in [1.82, 2.24) is 4.31 Å². The Hall–Kier alpha value is -3.87. The zero-order valence-corrected chi connectivity index (χ0v) is 20.0. The van der Waals surface area contributed by atoms with E-state index in [-0.39, 0.29) is 16.3 Å². The molecule has 35 heavy (non-hydrogen) atoms. The van der Waals surface area contributed by atoms with Crippen molar-refractivity contribution in [2.75, 3.05) is 25.5 Å². The van der Waals surface area contributed by atoms with Crippen LogP contribution in [-0.2, 0) is 10.0 Å². The maximum atomic E-state index is 13.3. The quantitative estimate of drug-likeness (QED) is 0.509. The lowest BCUT2D eigenvalue weighted by atomic mass is 10.1.